The molecule has 0 aliphatic heterocycles. The zero-order valence-electron chi connectivity index (χ0n) is 21.8. The molecule has 2 aromatic carbocycles. The number of esters is 1. The number of alkyl halides is 3. The van der Waals surface area contributed by atoms with Gasteiger partial charge in [-0.15, -0.1) is 0 Å². The number of ether oxygens (including phenoxy) is 1. The quantitative estimate of drug-likeness (QED) is 0.238. The Kier molecular flexibility index (Phi) is 7.71. The first-order valence-corrected chi connectivity index (χ1v) is 12.0. The fraction of sp³-hybridized carbons (Fsp3) is 0.192. The van der Waals surface area contributed by atoms with Gasteiger partial charge in [-0.25, -0.2) is 14.3 Å². The molecule has 0 fully saturated rings. The largest absolute Gasteiger partial charge is 0.462 e. The summed E-state index contributed by atoms with van der Waals surface area (Å²) in [5.74, 6) is -1.25. The van der Waals surface area contributed by atoms with Gasteiger partial charge >= 0.3 is 29.3 Å². The van der Waals surface area contributed by atoms with Crippen molar-refractivity contribution in [3.05, 3.63) is 86.7 Å². The second-order valence-corrected chi connectivity index (χ2v) is 8.71. The molecular formula is C26H23F3N6O6. The average Bonchev–Trinajstić information content (AvgIpc) is 3.40. The number of carbonyl (C=O) groups is 3. The molecule has 4 rings (SSSR count). The Morgan fingerprint density at radius 3 is 2.37 bits per heavy atom. The zero-order valence-corrected chi connectivity index (χ0v) is 21.8. The van der Waals surface area contributed by atoms with Gasteiger partial charge in [-0.1, -0.05) is 0 Å². The summed E-state index contributed by atoms with van der Waals surface area (Å²) < 4.78 is 48.8. The smallest absolute Gasteiger partial charge is 0.418 e. The Morgan fingerprint density at radius 2 is 1.76 bits per heavy atom. The van der Waals surface area contributed by atoms with E-state index in [9.17, 15) is 37.1 Å². The fourth-order valence-corrected chi connectivity index (χ4v) is 3.92. The highest BCUT2D eigenvalue weighted by Crippen LogP contribution is 2.36. The second kappa shape index (κ2) is 11.0. The van der Waals surface area contributed by atoms with E-state index in [2.05, 4.69) is 15.7 Å². The van der Waals surface area contributed by atoms with E-state index in [-0.39, 0.29) is 23.3 Å². The number of hydrogen-bond acceptors (Lipinski definition) is 6. The third-order valence-electron chi connectivity index (χ3n) is 5.87. The highest BCUT2D eigenvalue weighted by atomic mass is 19.4. The minimum atomic E-state index is -4.88. The van der Waals surface area contributed by atoms with Gasteiger partial charge in [-0.05, 0) is 49.4 Å². The lowest BCUT2D eigenvalue weighted by Gasteiger charge is -2.18. The maximum Gasteiger partial charge on any atom is 0.418 e. The molecule has 2 heterocycles. The van der Waals surface area contributed by atoms with Gasteiger partial charge < -0.3 is 19.6 Å². The molecule has 2 aromatic heterocycles. The third-order valence-corrected chi connectivity index (χ3v) is 5.87. The van der Waals surface area contributed by atoms with E-state index in [1.54, 1.807) is 6.92 Å². The number of amides is 3. The van der Waals surface area contributed by atoms with Gasteiger partial charge in [0.2, 0.25) is 5.91 Å². The fourth-order valence-electron chi connectivity index (χ4n) is 3.92. The maximum absolute atomic E-state index is 14.1. The van der Waals surface area contributed by atoms with E-state index in [0.717, 1.165) is 22.5 Å². The van der Waals surface area contributed by atoms with Gasteiger partial charge in [0.1, 0.15) is 0 Å². The van der Waals surface area contributed by atoms with E-state index in [1.807, 2.05) is 0 Å². The van der Waals surface area contributed by atoms with Crippen LogP contribution in [0.3, 0.4) is 0 Å². The van der Waals surface area contributed by atoms with Gasteiger partial charge in [0.25, 0.3) is 0 Å². The number of aromatic amines is 1. The number of urea groups is 1. The van der Waals surface area contributed by atoms with Crippen LogP contribution in [0.25, 0.3) is 16.7 Å². The monoisotopic (exact) mass is 572 g/mol. The molecule has 214 valence electrons. The van der Waals surface area contributed by atoms with Crippen LogP contribution in [0.5, 0.6) is 0 Å². The number of carbonyl (C=O) groups excluding carboxylic acids is 3. The van der Waals surface area contributed by atoms with Crippen molar-refractivity contribution in [3.8, 4) is 5.69 Å². The van der Waals surface area contributed by atoms with Crippen LogP contribution in [0.1, 0.15) is 29.8 Å². The Balaban J connectivity index is 1.69. The number of fused-ring (bicyclic) bond motifs is 1. The number of anilines is 2. The molecule has 0 unspecified atom stereocenters. The van der Waals surface area contributed by atoms with Crippen LogP contribution in [-0.4, -0.2) is 45.8 Å². The van der Waals surface area contributed by atoms with Crippen LogP contribution in [0.15, 0.2) is 64.4 Å². The van der Waals surface area contributed by atoms with Crippen molar-refractivity contribution in [1.82, 2.24) is 14.2 Å². The maximum atomic E-state index is 14.1. The Hall–Kier alpha value is -5.34. The van der Waals surface area contributed by atoms with Crippen molar-refractivity contribution in [2.45, 2.75) is 20.0 Å². The normalized spacial score (nSPS) is 11.3. The first kappa shape index (κ1) is 28.7. The lowest BCUT2D eigenvalue weighted by atomic mass is 10.1. The molecule has 0 bridgehead atoms. The Morgan fingerprint density at radius 1 is 1.07 bits per heavy atom. The van der Waals surface area contributed by atoms with Crippen LogP contribution >= 0.6 is 0 Å². The molecule has 0 aliphatic rings. The van der Waals surface area contributed by atoms with Crippen molar-refractivity contribution in [2.24, 2.45) is 0 Å². The molecular weight excluding hydrogens is 549 g/mol. The number of rotatable bonds is 6. The highest BCUT2D eigenvalue weighted by Gasteiger charge is 2.35. The van der Waals surface area contributed by atoms with Crippen molar-refractivity contribution in [3.63, 3.8) is 0 Å². The van der Waals surface area contributed by atoms with Crippen LogP contribution in [0.4, 0.5) is 29.3 Å². The lowest BCUT2D eigenvalue weighted by molar-refractivity contribution is -0.137. The average molecular weight is 573 g/mol. The molecule has 3 N–H and O–H groups in total. The SMILES string of the molecule is CCOC(=O)c1ccc(NC(=O)N(C)c2ccn(-c3cc4c(cc3C(F)(F)F)[nH]c(=O)c(=O)n4NC(C)=O)c2)cc1. The van der Waals surface area contributed by atoms with Gasteiger partial charge in [0, 0.05) is 32.1 Å². The van der Waals surface area contributed by atoms with Crippen molar-refractivity contribution < 1.29 is 32.3 Å². The summed E-state index contributed by atoms with van der Waals surface area (Å²) in [4.78, 5) is 63.8. The van der Waals surface area contributed by atoms with Crippen molar-refractivity contribution >= 4 is 40.3 Å². The third kappa shape index (κ3) is 5.98. The topological polar surface area (TPSA) is 148 Å². The number of nitrogens with one attached hydrogen (secondary N) is 3. The van der Waals surface area contributed by atoms with E-state index < -0.39 is 46.5 Å². The summed E-state index contributed by atoms with van der Waals surface area (Å²) in [5.41, 5.74) is -1.55. The predicted octanol–water partition coefficient (Wildman–Crippen LogP) is 3.43. The molecule has 12 nitrogen and oxygen atoms in total. The zero-order chi connectivity index (χ0) is 30.1. The predicted molar refractivity (Wildman–Crippen MR) is 143 cm³/mol. The number of nitrogens with zero attached hydrogens (tertiary/aromatic N) is 3. The Bertz CT molecular complexity index is 1770. The van der Waals surface area contributed by atoms with Crippen LogP contribution in [-0.2, 0) is 15.7 Å². The summed E-state index contributed by atoms with van der Waals surface area (Å²) in [5, 5.41) is 2.62. The molecule has 15 heteroatoms. The lowest BCUT2D eigenvalue weighted by Crippen LogP contribution is -2.42. The minimum absolute atomic E-state index is 0.194. The van der Waals surface area contributed by atoms with Crippen molar-refractivity contribution in [2.75, 3.05) is 29.3 Å². The van der Waals surface area contributed by atoms with Gasteiger partial charge in [0.05, 0.1) is 40.1 Å². The minimum Gasteiger partial charge on any atom is -0.462 e. The number of benzene rings is 2. The molecule has 41 heavy (non-hydrogen) atoms. The first-order chi connectivity index (χ1) is 19.3. The van der Waals surface area contributed by atoms with Crippen molar-refractivity contribution in [1.29, 1.82) is 0 Å². The number of hydrogen-bond donors (Lipinski definition) is 3. The van der Waals surface area contributed by atoms with Crippen LogP contribution in [0, 0.1) is 0 Å². The molecule has 0 spiro atoms. The highest BCUT2D eigenvalue weighted by molar-refractivity contribution is 6.01. The molecule has 0 saturated carbocycles. The summed E-state index contributed by atoms with van der Waals surface area (Å²) in [6.45, 7) is 2.95. The summed E-state index contributed by atoms with van der Waals surface area (Å²) in [6, 6.07) is 8.33. The van der Waals surface area contributed by atoms with Crippen LogP contribution in [0.2, 0.25) is 0 Å². The second-order valence-electron chi connectivity index (χ2n) is 8.71. The van der Waals surface area contributed by atoms with Gasteiger partial charge in [-0.3, -0.25) is 24.7 Å². The summed E-state index contributed by atoms with van der Waals surface area (Å²) >= 11 is 0. The molecule has 4 aromatic rings. The molecule has 0 aliphatic carbocycles. The van der Waals surface area contributed by atoms with Gasteiger partial charge in [-0.2, -0.15) is 13.2 Å². The first-order valence-electron chi connectivity index (χ1n) is 12.0. The number of aromatic nitrogens is 3. The van der Waals surface area contributed by atoms with E-state index >= 15 is 0 Å². The van der Waals surface area contributed by atoms with E-state index in [4.69, 9.17) is 4.74 Å². The Labute approximate surface area is 228 Å². The number of halogens is 3. The molecule has 0 atom stereocenters. The van der Waals surface area contributed by atoms with E-state index in [1.165, 1.54) is 49.8 Å². The van der Waals surface area contributed by atoms with E-state index in [0.29, 0.717) is 22.0 Å². The molecule has 0 radical (unpaired) electrons. The van der Waals surface area contributed by atoms with Gasteiger partial charge in [0.15, 0.2) is 0 Å². The standard InChI is InChI=1S/C26H23F3N6O6/c1-4-41-24(39)15-5-7-16(8-6-15)30-25(40)33(3)17-9-10-34(13-17)20-12-21-19(11-18(20)26(27,28)29)31-22(37)23(38)35(21)32-14(2)36/h5-13H,4H2,1-3H3,(H,30,40)(H,31,37)(H,32,36). The van der Waals surface area contributed by atoms with Crippen LogP contribution < -0.4 is 26.8 Å². The summed E-state index contributed by atoms with van der Waals surface area (Å²) in [7, 11) is 1.40. The summed E-state index contributed by atoms with van der Waals surface area (Å²) in [6.07, 6.45) is -2.35. The number of H-pyrrole nitrogens is 1. The molecule has 3 amide bonds. The molecule has 0 saturated heterocycles.